The Morgan fingerprint density at radius 3 is 2.88 bits per heavy atom. The summed E-state index contributed by atoms with van der Waals surface area (Å²) in [7, 11) is 0. The normalized spacial score (nSPS) is 16.6. The topological polar surface area (TPSA) is 27.1 Å². The molecule has 2 aromatic rings. The quantitative estimate of drug-likeness (QED) is 0.761. The molecule has 5 heteroatoms. The summed E-state index contributed by atoms with van der Waals surface area (Å²) in [4.78, 5) is 0. The van der Waals surface area contributed by atoms with E-state index >= 15 is 0 Å². The Kier molecular flexibility index (Phi) is 1.98. The lowest BCUT2D eigenvalue weighted by atomic mass is 10.1. The molecule has 1 aromatic heterocycles. The standard InChI is InChI=1S/C12H10F2N2O/c1-8-4-5-15-16(8)9-2-3-11-10(6-9)12(13,14)7-17-11/h2-6H,7H2,1H3. The van der Waals surface area contributed by atoms with Crippen molar-refractivity contribution in [2.45, 2.75) is 12.8 Å². The third kappa shape index (κ3) is 1.50. The lowest BCUT2D eigenvalue weighted by Gasteiger charge is -2.09. The second-order valence-corrected chi connectivity index (χ2v) is 4.06. The highest BCUT2D eigenvalue weighted by Gasteiger charge is 2.41. The molecule has 0 unspecified atom stereocenters. The zero-order valence-corrected chi connectivity index (χ0v) is 9.15. The van der Waals surface area contributed by atoms with E-state index in [0.717, 1.165) is 5.69 Å². The van der Waals surface area contributed by atoms with E-state index in [1.165, 1.54) is 6.07 Å². The summed E-state index contributed by atoms with van der Waals surface area (Å²) in [6.07, 6.45) is 1.64. The molecule has 0 N–H and O–H groups in total. The molecule has 0 atom stereocenters. The number of nitrogens with zero attached hydrogens (tertiary/aromatic N) is 2. The molecule has 17 heavy (non-hydrogen) atoms. The molecule has 0 spiro atoms. The number of benzene rings is 1. The van der Waals surface area contributed by atoms with Gasteiger partial charge < -0.3 is 4.74 Å². The molecule has 1 aliphatic heterocycles. The van der Waals surface area contributed by atoms with E-state index in [9.17, 15) is 8.78 Å². The molecule has 1 aliphatic rings. The van der Waals surface area contributed by atoms with Crippen LogP contribution in [0.15, 0.2) is 30.5 Å². The maximum atomic E-state index is 13.5. The van der Waals surface area contributed by atoms with Crippen LogP contribution in [-0.4, -0.2) is 16.4 Å². The molecule has 0 saturated carbocycles. The van der Waals surface area contributed by atoms with Crippen molar-refractivity contribution in [3.8, 4) is 11.4 Å². The van der Waals surface area contributed by atoms with Crippen molar-refractivity contribution in [1.29, 1.82) is 0 Å². The van der Waals surface area contributed by atoms with Gasteiger partial charge in [-0.15, -0.1) is 0 Å². The van der Waals surface area contributed by atoms with Crippen LogP contribution in [0.4, 0.5) is 8.78 Å². The predicted molar refractivity (Wildman–Crippen MR) is 57.7 cm³/mol. The molecule has 0 radical (unpaired) electrons. The Hall–Kier alpha value is -1.91. The zero-order valence-electron chi connectivity index (χ0n) is 9.15. The van der Waals surface area contributed by atoms with Crippen molar-refractivity contribution in [2.24, 2.45) is 0 Å². The third-order valence-corrected chi connectivity index (χ3v) is 2.84. The lowest BCUT2D eigenvalue weighted by Crippen LogP contribution is -2.14. The highest BCUT2D eigenvalue weighted by Crippen LogP contribution is 2.41. The van der Waals surface area contributed by atoms with E-state index in [1.807, 2.05) is 13.0 Å². The first kappa shape index (κ1) is 10.3. The minimum Gasteiger partial charge on any atom is -0.486 e. The summed E-state index contributed by atoms with van der Waals surface area (Å²) in [5, 5.41) is 4.09. The molecule has 0 amide bonds. The molecule has 3 rings (SSSR count). The average molecular weight is 236 g/mol. The first-order valence-electron chi connectivity index (χ1n) is 5.24. The molecule has 2 heterocycles. The average Bonchev–Trinajstić information content (AvgIpc) is 2.84. The van der Waals surface area contributed by atoms with E-state index in [-0.39, 0.29) is 11.3 Å². The summed E-state index contributed by atoms with van der Waals surface area (Å²) < 4.78 is 33.6. The van der Waals surface area contributed by atoms with E-state index < -0.39 is 12.5 Å². The number of ether oxygens (including phenoxy) is 1. The summed E-state index contributed by atoms with van der Waals surface area (Å²) >= 11 is 0. The van der Waals surface area contributed by atoms with E-state index in [4.69, 9.17) is 4.74 Å². The summed E-state index contributed by atoms with van der Waals surface area (Å²) in [5.41, 5.74) is 1.45. The predicted octanol–water partition coefficient (Wildman–Crippen LogP) is 2.66. The molecular weight excluding hydrogens is 226 g/mol. The van der Waals surface area contributed by atoms with Crippen molar-refractivity contribution in [2.75, 3.05) is 6.61 Å². The van der Waals surface area contributed by atoms with Crippen molar-refractivity contribution in [1.82, 2.24) is 9.78 Å². The van der Waals surface area contributed by atoms with Gasteiger partial charge in [0.25, 0.3) is 0 Å². The first-order chi connectivity index (χ1) is 8.08. The molecule has 0 fully saturated rings. The highest BCUT2D eigenvalue weighted by molar-refractivity contribution is 5.48. The van der Waals surface area contributed by atoms with Crippen molar-refractivity contribution in [3.05, 3.63) is 41.7 Å². The van der Waals surface area contributed by atoms with Crippen molar-refractivity contribution >= 4 is 0 Å². The van der Waals surface area contributed by atoms with Gasteiger partial charge in [0.2, 0.25) is 0 Å². The van der Waals surface area contributed by atoms with Crippen LogP contribution in [0.1, 0.15) is 11.3 Å². The van der Waals surface area contributed by atoms with Gasteiger partial charge in [-0.25, -0.2) is 4.68 Å². The maximum Gasteiger partial charge on any atom is 0.310 e. The van der Waals surface area contributed by atoms with Crippen LogP contribution in [0.3, 0.4) is 0 Å². The Morgan fingerprint density at radius 1 is 1.35 bits per heavy atom. The Balaban J connectivity index is 2.14. The van der Waals surface area contributed by atoms with Crippen LogP contribution in [0, 0.1) is 6.92 Å². The van der Waals surface area contributed by atoms with Crippen LogP contribution in [0.2, 0.25) is 0 Å². The minimum atomic E-state index is -2.91. The molecule has 0 saturated heterocycles. The minimum absolute atomic E-state index is 0.0649. The number of aromatic nitrogens is 2. The molecule has 1 aromatic carbocycles. The second-order valence-electron chi connectivity index (χ2n) is 4.06. The fourth-order valence-electron chi connectivity index (χ4n) is 1.95. The Morgan fingerprint density at radius 2 is 2.18 bits per heavy atom. The SMILES string of the molecule is Cc1ccnn1-c1ccc2c(c1)C(F)(F)CO2. The van der Waals surface area contributed by atoms with E-state index in [2.05, 4.69) is 5.10 Å². The lowest BCUT2D eigenvalue weighted by molar-refractivity contribution is -0.0213. The van der Waals surface area contributed by atoms with Gasteiger partial charge in [-0.3, -0.25) is 0 Å². The van der Waals surface area contributed by atoms with Gasteiger partial charge in [0.05, 0.1) is 11.3 Å². The van der Waals surface area contributed by atoms with Gasteiger partial charge in [-0.2, -0.15) is 13.9 Å². The maximum absolute atomic E-state index is 13.5. The highest BCUT2D eigenvalue weighted by atomic mass is 19.3. The van der Waals surface area contributed by atoms with E-state index in [0.29, 0.717) is 5.69 Å². The van der Waals surface area contributed by atoms with Gasteiger partial charge in [-0.1, -0.05) is 0 Å². The molecular formula is C12H10F2N2O. The van der Waals surface area contributed by atoms with Gasteiger partial charge >= 0.3 is 5.92 Å². The number of fused-ring (bicyclic) bond motifs is 1. The van der Waals surface area contributed by atoms with Crippen LogP contribution in [-0.2, 0) is 5.92 Å². The summed E-state index contributed by atoms with van der Waals surface area (Å²) in [6, 6.07) is 6.54. The smallest absolute Gasteiger partial charge is 0.310 e. The number of hydrogen-bond donors (Lipinski definition) is 0. The van der Waals surface area contributed by atoms with Crippen LogP contribution in [0.25, 0.3) is 5.69 Å². The molecule has 88 valence electrons. The third-order valence-electron chi connectivity index (χ3n) is 2.84. The van der Waals surface area contributed by atoms with Gasteiger partial charge in [-0.05, 0) is 31.2 Å². The first-order valence-corrected chi connectivity index (χ1v) is 5.24. The van der Waals surface area contributed by atoms with Crippen molar-refractivity contribution < 1.29 is 13.5 Å². The molecule has 0 aliphatic carbocycles. The Labute approximate surface area is 96.6 Å². The fourth-order valence-corrected chi connectivity index (χ4v) is 1.95. The number of rotatable bonds is 1. The summed E-state index contributed by atoms with van der Waals surface area (Å²) in [6.45, 7) is 1.29. The number of aryl methyl sites for hydroxylation is 1. The van der Waals surface area contributed by atoms with Gasteiger partial charge in [0.15, 0.2) is 6.61 Å². The largest absolute Gasteiger partial charge is 0.486 e. The molecule has 0 bridgehead atoms. The molecule has 3 nitrogen and oxygen atoms in total. The van der Waals surface area contributed by atoms with Crippen LogP contribution < -0.4 is 4.74 Å². The fraction of sp³-hybridized carbons (Fsp3) is 0.250. The van der Waals surface area contributed by atoms with E-state index in [1.54, 1.807) is 23.0 Å². The number of halogens is 2. The number of alkyl halides is 2. The Bertz CT molecular complexity index is 578. The van der Waals surface area contributed by atoms with Gasteiger partial charge in [0, 0.05) is 11.9 Å². The van der Waals surface area contributed by atoms with Crippen LogP contribution >= 0.6 is 0 Å². The van der Waals surface area contributed by atoms with Crippen molar-refractivity contribution in [3.63, 3.8) is 0 Å². The monoisotopic (exact) mass is 236 g/mol. The zero-order chi connectivity index (χ0) is 12.0. The second kappa shape index (κ2) is 3.29. The van der Waals surface area contributed by atoms with Crippen LogP contribution in [0.5, 0.6) is 5.75 Å². The number of hydrogen-bond acceptors (Lipinski definition) is 2. The summed E-state index contributed by atoms with van der Waals surface area (Å²) in [5.74, 6) is -2.66. The van der Waals surface area contributed by atoms with Gasteiger partial charge in [0.1, 0.15) is 5.75 Å².